The molecule has 2 aliphatic carbocycles. The SMILES string of the molecule is CCC(C)C(C(=O)O)N1Cc2c(cc(O)c3c2O[C@]2(C3)[C@H](C)CCC3C(C)(C)[C@H](O)[C@H](O)C[C@@]32C)C1=O. The van der Waals surface area contributed by atoms with Crippen LogP contribution in [0.25, 0.3) is 0 Å². The van der Waals surface area contributed by atoms with Crippen LogP contribution >= 0.6 is 0 Å². The second kappa shape index (κ2) is 8.34. The zero-order chi connectivity index (χ0) is 27.2. The van der Waals surface area contributed by atoms with Gasteiger partial charge in [-0.15, -0.1) is 0 Å². The molecule has 3 unspecified atom stereocenters. The smallest absolute Gasteiger partial charge is 0.326 e. The number of benzene rings is 1. The molecule has 5 rings (SSSR count). The fourth-order valence-corrected chi connectivity index (χ4v) is 8.56. The van der Waals surface area contributed by atoms with Gasteiger partial charge in [-0.1, -0.05) is 48.0 Å². The summed E-state index contributed by atoms with van der Waals surface area (Å²) in [7, 11) is 0. The summed E-state index contributed by atoms with van der Waals surface area (Å²) in [6, 6.07) is 0.509. The Bertz CT molecular complexity index is 1150. The monoisotopic (exact) mass is 515 g/mol. The number of aromatic hydroxyl groups is 1. The molecule has 1 spiro atoms. The van der Waals surface area contributed by atoms with Gasteiger partial charge in [0.15, 0.2) is 0 Å². The molecule has 4 N–H and O–H groups in total. The lowest BCUT2D eigenvalue weighted by Crippen LogP contribution is -2.69. The molecule has 8 atom stereocenters. The predicted octanol–water partition coefficient (Wildman–Crippen LogP) is 3.73. The Balaban J connectivity index is 1.59. The molecule has 204 valence electrons. The standard InChI is InChI=1S/C29H41NO7/c1-7-14(2)22(26(35)36)30-13-18-16(25(30)34)10-19(31)17-11-29(37-23(17)18)15(3)8-9-21-27(4,5)24(33)20(32)12-28(21,29)6/h10,14-15,20-22,24,31-33H,7-9,11-13H2,1-6H3,(H,35,36)/t14?,15-,20-,21?,22?,24-,28+,29-/m1/s1. The molecule has 0 saturated heterocycles. The Morgan fingerprint density at radius 3 is 2.51 bits per heavy atom. The molecule has 8 heteroatoms. The molecular formula is C29H41NO7. The van der Waals surface area contributed by atoms with Crippen LogP contribution in [0.3, 0.4) is 0 Å². The largest absolute Gasteiger partial charge is 0.508 e. The van der Waals surface area contributed by atoms with Gasteiger partial charge in [0.2, 0.25) is 0 Å². The van der Waals surface area contributed by atoms with Crippen LogP contribution in [0.15, 0.2) is 6.07 Å². The van der Waals surface area contributed by atoms with Gasteiger partial charge in [0.05, 0.1) is 24.3 Å². The van der Waals surface area contributed by atoms with Gasteiger partial charge >= 0.3 is 5.97 Å². The van der Waals surface area contributed by atoms with Crippen LogP contribution in [0.2, 0.25) is 0 Å². The van der Waals surface area contributed by atoms with Gasteiger partial charge in [-0.05, 0) is 48.5 Å². The van der Waals surface area contributed by atoms with Gasteiger partial charge in [-0.3, -0.25) is 4.79 Å². The molecule has 2 saturated carbocycles. The van der Waals surface area contributed by atoms with E-state index in [-0.39, 0.29) is 30.0 Å². The first-order valence-corrected chi connectivity index (χ1v) is 13.7. The van der Waals surface area contributed by atoms with Crippen molar-refractivity contribution in [3.8, 4) is 11.5 Å². The van der Waals surface area contributed by atoms with E-state index in [1.54, 1.807) is 0 Å². The zero-order valence-corrected chi connectivity index (χ0v) is 22.7. The number of carbonyl (C=O) groups is 2. The summed E-state index contributed by atoms with van der Waals surface area (Å²) in [6.07, 6.45) is 1.48. The fraction of sp³-hybridized carbons (Fsp3) is 0.724. The number of carboxylic acids is 1. The van der Waals surface area contributed by atoms with E-state index in [0.29, 0.717) is 41.7 Å². The molecule has 2 aliphatic heterocycles. The molecule has 0 aromatic heterocycles. The molecule has 0 radical (unpaired) electrons. The van der Waals surface area contributed by atoms with E-state index in [0.717, 1.165) is 12.8 Å². The van der Waals surface area contributed by atoms with Crippen LogP contribution in [0.5, 0.6) is 11.5 Å². The Morgan fingerprint density at radius 1 is 1.22 bits per heavy atom. The van der Waals surface area contributed by atoms with Gasteiger partial charge in [0.1, 0.15) is 23.1 Å². The maximum Gasteiger partial charge on any atom is 0.326 e. The first kappa shape index (κ1) is 26.3. The number of rotatable bonds is 4. The van der Waals surface area contributed by atoms with Gasteiger partial charge in [0.25, 0.3) is 5.91 Å². The van der Waals surface area contributed by atoms with E-state index in [1.807, 2.05) is 27.7 Å². The molecule has 2 fully saturated rings. The van der Waals surface area contributed by atoms with Crippen molar-refractivity contribution in [1.29, 1.82) is 0 Å². The number of hydrogen-bond acceptors (Lipinski definition) is 6. The third-order valence-electron chi connectivity index (χ3n) is 10.9. The van der Waals surface area contributed by atoms with E-state index in [9.17, 15) is 30.0 Å². The third kappa shape index (κ3) is 3.33. The van der Waals surface area contributed by atoms with Crippen LogP contribution in [0.4, 0.5) is 0 Å². The van der Waals surface area contributed by atoms with Crippen LogP contribution < -0.4 is 4.74 Å². The van der Waals surface area contributed by atoms with Crippen LogP contribution in [-0.2, 0) is 17.8 Å². The highest BCUT2D eigenvalue weighted by atomic mass is 16.5. The quantitative estimate of drug-likeness (QED) is 0.481. The van der Waals surface area contributed by atoms with Crippen molar-refractivity contribution in [3.63, 3.8) is 0 Å². The molecule has 37 heavy (non-hydrogen) atoms. The fourth-order valence-electron chi connectivity index (χ4n) is 8.56. The summed E-state index contributed by atoms with van der Waals surface area (Å²) in [4.78, 5) is 27.0. The summed E-state index contributed by atoms with van der Waals surface area (Å²) < 4.78 is 6.97. The number of carbonyl (C=O) groups excluding carboxylic acids is 1. The number of nitrogens with zero attached hydrogens (tertiary/aromatic N) is 1. The lowest BCUT2D eigenvalue weighted by atomic mass is 9.43. The molecular weight excluding hydrogens is 474 g/mol. The number of aliphatic carboxylic acids is 1. The van der Waals surface area contributed by atoms with Gasteiger partial charge in [0, 0.05) is 23.0 Å². The number of carboxylic acid groups (broad SMARTS) is 1. The van der Waals surface area contributed by atoms with Crippen LogP contribution in [0, 0.1) is 28.6 Å². The predicted molar refractivity (Wildman–Crippen MR) is 136 cm³/mol. The minimum Gasteiger partial charge on any atom is -0.508 e. The minimum absolute atomic E-state index is 0.00943. The second-order valence-corrected chi connectivity index (χ2v) is 13.0. The normalized spacial score (nSPS) is 37.5. The first-order chi connectivity index (χ1) is 17.2. The highest BCUT2D eigenvalue weighted by Crippen LogP contribution is 2.67. The summed E-state index contributed by atoms with van der Waals surface area (Å²) >= 11 is 0. The number of aliphatic hydroxyl groups excluding tert-OH is 2. The first-order valence-electron chi connectivity index (χ1n) is 13.7. The maximum atomic E-state index is 13.4. The molecule has 1 amide bonds. The van der Waals surface area contributed by atoms with Gasteiger partial charge in [-0.25, -0.2) is 4.79 Å². The van der Waals surface area contributed by atoms with Crippen molar-refractivity contribution in [2.24, 2.45) is 28.6 Å². The molecule has 0 bridgehead atoms. The number of ether oxygens (including phenoxy) is 1. The van der Waals surface area contributed by atoms with Crippen LogP contribution in [-0.4, -0.2) is 61.1 Å². The summed E-state index contributed by atoms with van der Waals surface area (Å²) in [5, 5.41) is 42.9. The summed E-state index contributed by atoms with van der Waals surface area (Å²) in [6.45, 7) is 12.2. The average molecular weight is 516 g/mol. The molecule has 8 nitrogen and oxygen atoms in total. The Kier molecular flexibility index (Phi) is 5.93. The number of fused-ring (bicyclic) bond motifs is 5. The topological polar surface area (TPSA) is 128 Å². The number of phenolic OH excluding ortho intramolecular Hbond substituents is 1. The average Bonchev–Trinajstić information content (AvgIpc) is 3.37. The highest BCUT2D eigenvalue weighted by molar-refractivity contribution is 6.02. The van der Waals surface area contributed by atoms with E-state index in [2.05, 4.69) is 13.8 Å². The lowest BCUT2D eigenvalue weighted by molar-refractivity contribution is -0.240. The lowest BCUT2D eigenvalue weighted by Gasteiger charge is -2.64. The van der Waals surface area contributed by atoms with Crippen molar-refractivity contribution >= 4 is 11.9 Å². The Morgan fingerprint density at radius 2 is 1.89 bits per heavy atom. The zero-order valence-electron chi connectivity index (χ0n) is 22.7. The van der Waals surface area contributed by atoms with E-state index < -0.39 is 46.6 Å². The Hall–Kier alpha value is -2.32. The molecule has 4 aliphatic rings. The van der Waals surface area contributed by atoms with Gasteiger partial charge in [-0.2, -0.15) is 0 Å². The summed E-state index contributed by atoms with van der Waals surface area (Å²) in [5.74, 6) is -1.00. The minimum atomic E-state index is -1.04. The molecule has 1 aromatic carbocycles. The summed E-state index contributed by atoms with van der Waals surface area (Å²) in [5.41, 5.74) is -0.170. The van der Waals surface area contributed by atoms with Crippen molar-refractivity contribution < 1.29 is 34.8 Å². The van der Waals surface area contributed by atoms with Crippen LogP contribution in [0.1, 0.15) is 88.7 Å². The number of hydrogen-bond donors (Lipinski definition) is 4. The van der Waals surface area contributed by atoms with Gasteiger partial charge < -0.3 is 30.1 Å². The third-order valence-corrected chi connectivity index (χ3v) is 10.9. The van der Waals surface area contributed by atoms with Crippen molar-refractivity contribution in [2.75, 3.05) is 0 Å². The number of amides is 1. The van der Waals surface area contributed by atoms with Crippen molar-refractivity contribution in [1.82, 2.24) is 4.90 Å². The second-order valence-electron chi connectivity index (χ2n) is 13.0. The molecule has 1 aromatic rings. The number of phenols is 1. The number of aliphatic hydroxyl groups is 2. The molecule has 2 heterocycles. The van der Waals surface area contributed by atoms with E-state index >= 15 is 0 Å². The highest BCUT2D eigenvalue weighted by Gasteiger charge is 2.69. The van der Waals surface area contributed by atoms with E-state index in [1.165, 1.54) is 11.0 Å². The van der Waals surface area contributed by atoms with E-state index in [4.69, 9.17) is 4.74 Å². The van der Waals surface area contributed by atoms with Crippen molar-refractivity contribution in [2.45, 2.75) is 104 Å². The van der Waals surface area contributed by atoms with Crippen molar-refractivity contribution in [3.05, 3.63) is 22.8 Å². The Labute approximate surface area is 218 Å². The maximum absolute atomic E-state index is 13.4.